The van der Waals surface area contributed by atoms with E-state index in [0.717, 1.165) is 0 Å². The number of hydrogen-bond donors (Lipinski definition) is 0. The van der Waals surface area contributed by atoms with E-state index in [2.05, 4.69) is 20.3 Å². The van der Waals surface area contributed by atoms with Crippen LogP contribution < -0.4 is 0 Å². The SMILES string of the molecule is Cc1nnc(Cn2ncc3ncc(-c4ccc(F)c(C)c4F)cc32)o1. The maximum atomic E-state index is 14.4. The van der Waals surface area contributed by atoms with Gasteiger partial charge in [-0.05, 0) is 25.1 Å². The van der Waals surface area contributed by atoms with Gasteiger partial charge in [0, 0.05) is 29.8 Å². The van der Waals surface area contributed by atoms with Crippen molar-refractivity contribution in [3.8, 4) is 11.1 Å². The Labute approximate surface area is 141 Å². The Bertz CT molecular complexity index is 1090. The topological polar surface area (TPSA) is 69.6 Å². The molecule has 3 aromatic heterocycles. The zero-order valence-electron chi connectivity index (χ0n) is 13.5. The second-order valence-electron chi connectivity index (χ2n) is 5.68. The Hall–Kier alpha value is -3.16. The summed E-state index contributed by atoms with van der Waals surface area (Å²) in [6, 6.07) is 4.41. The predicted molar refractivity (Wildman–Crippen MR) is 85.8 cm³/mol. The molecular weight excluding hydrogens is 328 g/mol. The molecule has 4 aromatic rings. The van der Waals surface area contributed by atoms with Gasteiger partial charge in [-0.15, -0.1) is 10.2 Å². The number of nitrogens with zero attached hydrogens (tertiary/aromatic N) is 5. The zero-order chi connectivity index (χ0) is 17.6. The summed E-state index contributed by atoms with van der Waals surface area (Å²) in [6.45, 7) is 3.39. The minimum Gasteiger partial charge on any atom is -0.424 e. The molecule has 6 nitrogen and oxygen atoms in total. The molecule has 126 valence electrons. The summed E-state index contributed by atoms with van der Waals surface area (Å²) in [7, 11) is 0. The minimum atomic E-state index is -0.597. The summed E-state index contributed by atoms with van der Waals surface area (Å²) in [5.74, 6) is -0.294. The van der Waals surface area contributed by atoms with Gasteiger partial charge < -0.3 is 4.42 Å². The highest BCUT2D eigenvalue weighted by atomic mass is 19.1. The number of fused-ring (bicyclic) bond motifs is 1. The number of hydrogen-bond acceptors (Lipinski definition) is 5. The molecule has 0 radical (unpaired) electrons. The highest BCUT2D eigenvalue weighted by Gasteiger charge is 2.14. The van der Waals surface area contributed by atoms with Crippen molar-refractivity contribution in [2.24, 2.45) is 0 Å². The van der Waals surface area contributed by atoms with E-state index in [0.29, 0.717) is 28.4 Å². The molecule has 0 amide bonds. The molecule has 0 saturated carbocycles. The van der Waals surface area contributed by atoms with E-state index in [1.807, 2.05) is 0 Å². The first-order chi connectivity index (χ1) is 12.0. The molecule has 0 unspecified atom stereocenters. The van der Waals surface area contributed by atoms with E-state index >= 15 is 0 Å². The Balaban J connectivity index is 1.80. The minimum absolute atomic E-state index is 0.0209. The van der Waals surface area contributed by atoms with Gasteiger partial charge in [-0.25, -0.2) is 8.78 Å². The van der Waals surface area contributed by atoms with Gasteiger partial charge in [0.15, 0.2) is 0 Å². The lowest BCUT2D eigenvalue weighted by Gasteiger charge is -2.07. The number of benzene rings is 1. The maximum Gasteiger partial charge on any atom is 0.237 e. The lowest BCUT2D eigenvalue weighted by atomic mass is 10.0. The van der Waals surface area contributed by atoms with Crippen molar-refractivity contribution in [3.05, 3.63) is 59.6 Å². The monoisotopic (exact) mass is 341 g/mol. The second kappa shape index (κ2) is 5.73. The summed E-state index contributed by atoms with van der Waals surface area (Å²) < 4.78 is 34.9. The van der Waals surface area contributed by atoms with E-state index in [-0.39, 0.29) is 17.7 Å². The summed E-state index contributed by atoms with van der Waals surface area (Å²) in [5.41, 5.74) is 2.15. The van der Waals surface area contributed by atoms with Crippen LogP contribution in [0.5, 0.6) is 0 Å². The Kier molecular flexibility index (Phi) is 3.52. The van der Waals surface area contributed by atoms with E-state index in [9.17, 15) is 8.78 Å². The molecule has 25 heavy (non-hydrogen) atoms. The maximum absolute atomic E-state index is 14.4. The average Bonchev–Trinajstić information content (AvgIpc) is 3.19. The van der Waals surface area contributed by atoms with Crippen LogP contribution in [0.1, 0.15) is 17.3 Å². The molecule has 3 heterocycles. The lowest BCUT2D eigenvalue weighted by molar-refractivity contribution is 0.447. The molecule has 0 fully saturated rings. The zero-order valence-corrected chi connectivity index (χ0v) is 13.5. The first kappa shape index (κ1) is 15.4. The van der Waals surface area contributed by atoms with Crippen LogP contribution >= 0.6 is 0 Å². The highest BCUT2D eigenvalue weighted by Crippen LogP contribution is 2.28. The third kappa shape index (κ3) is 2.65. The van der Waals surface area contributed by atoms with Gasteiger partial charge in [0.2, 0.25) is 11.8 Å². The molecule has 8 heteroatoms. The summed E-state index contributed by atoms with van der Waals surface area (Å²) >= 11 is 0. The quantitative estimate of drug-likeness (QED) is 0.571. The van der Waals surface area contributed by atoms with Crippen LogP contribution in [0.25, 0.3) is 22.2 Å². The van der Waals surface area contributed by atoms with Crippen molar-refractivity contribution in [3.63, 3.8) is 0 Å². The van der Waals surface area contributed by atoms with Gasteiger partial charge in [0.05, 0.1) is 11.7 Å². The van der Waals surface area contributed by atoms with Crippen LogP contribution in [-0.4, -0.2) is 25.0 Å². The second-order valence-corrected chi connectivity index (χ2v) is 5.68. The molecule has 0 spiro atoms. The molecular formula is C17H13F2N5O. The van der Waals surface area contributed by atoms with Crippen molar-refractivity contribution in [2.45, 2.75) is 20.4 Å². The first-order valence-corrected chi connectivity index (χ1v) is 7.58. The number of pyridine rings is 1. The summed E-state index contributed by atoms with van der Waals surface area (Å²) in [5, 5.41) is 12.0. The fraction of sp³-hybridized carbons (Fsp3) is 0.176. The Morgan fingerprint density at radius 1 is 1.12 bits per heavy atom. The van der Waals surface area contributed by atoms with Crippen LogP contribution in [0.4, 0.5) is 8.78 Å². The lowest BCUT2D eigenvalue weighted by Crippen LogP contribution is -2.02. The molecule has 0 N–H and O–H groups in total. The molecule has 0 bridgehead atoms. The van der Waals surface area contributed by atoms with Crippen LogP contribution in [-0.2, 0) is 6.54 Å². The molecule has 0 aliphatic rings. The summed E-state index contributed by atoms with van der Waals surface area (Å²) in [6.07, 6.45) is 3.15. The molecule has 0 aliphatic carbocycles. The number of halogens is 2. The van der Waals surface area contributed by atoms with Crippen molar-refractivity contribution in [2.75, 3.05) is 0 Å². The van der Waals surface area contributed by atoms with Gasteiger partial charge in [-0.1, -0.05) is 0 Å². The normalized spacial score (nSPS) is 11.4. The summed E-state index contributed by atoms with van der Waals surface area (Å²) in [4.78, 5) is 4.31. The third-order valence-electron chi connectivity index (χ3n) is 3.98. The molecule has 0 saturated heterocycles. The fourth-order valence-corrected chi connectivity index (χ4v) is 2.64. The molecule has 0 aliphatic heterocycles. The fourth-order valence-electron chi connectivity index (χ4n) is 2.64. The number of aryl methyl sites for hydroxylation is 1. The van der Waals surface area contributed by atoms with Gasteiger partial charge in [0.1, 0.15) is 23.7 Å². The number of aromatic nitrogens is 5. The van der Waals surface area contributed by atoms with Crippen molar-refractivity contribution in [1.29, 1.82) is 0 Å². The van der Waals surface area contributed by atoms with Crippen LogP contribution in [0, 0.1) is 25.5 Å². The van der Waals surface area contributed by atoms with Gasteiger partial charge >= 0.3 is 0 Å². The standard InChI is InChI=1S/C17H13F2N5O/c1-9-13(18)4-3-12(17(9)19)11-5-15-14(20-6-11)7-21-24(15)8-16-23-22-10(2)25-16/h3-7H,8H2,1-2H3. The predicted octanol–water partition coefficient (Wildman–Crippen LogP) is 3.42. The molecule has 1 aromatic carbocycles. The van der Waals surface area contributed by atoms with E-state index < -0.39 is 11.6 Å². The number of rotatable bonds is 3. The molecule has 4 rings (SSSR count). The van der Waals surface area contributed by atoms with Crippen LogP contribution in [0.3, 0.4) is 0 Å². The van der Waals surface area contributed by atoms with Crippen molar-refractivity contribution >= 4 is 11.0 Å². The average molecular weight is 341 g/mol. The van der Waals surface area contributed by atoms with E-state index in [1.165, 1.54) is 19.1 Å². The van der Waals surface area contributed by atoms with E-state index in [4.69, 9.17) is 4.42 Å². The Morgan fingerprint density at radius 3 is 2.72 bits per heavy atom. The van der Waals surface area contributed by atoms with E-state index in [1.54, 1.807) is 30.1 Å². The van der Waals surface area contributed by atoms with Gasteiger partial charge in [-0.3, -0.25) is 9.67 Å². The third-order valence-corrected chi connectivity index (χ3v) is 3.98. The van der Waals surface area contributed by atoms with Gasteiger partial charge in [-0.2, -0.15) is 5.10 Å². The van der Waals surface area contributed by atoms with Crippen LogP contribution in [0.15, 0.2) is 35.0 Å². The van der Waals surface area contributed by atoms with Crippen molar-refractivity contribution < 1.29 is 13.2 Å². The van der Waals surface area contributed by atoms with Crippen molar-refractivity contribution in [1.82, 2.24) is 25.0 Å². The van der Waals surface area contributed by atoms with Crippen LogP contribution in [0.2, 0.25) is 0 Å². The smallest absolute Gasteiger partial charge is 0.237 e. The Morgan fingerprint density at radius 2 is 1.96 bits per heavy atom. The highest BCUT2D eigenvalue weighted by molar-refractivity contribution is 5.80. The first-order valence-electron chi connectivity index (χ1n) is 7.58. The van der Waals surface area contributed by atoms with Gasteiger partial charge in [0.25, 0.3) is 0 Å². The molecule has 0 atom stereocenters. The largest absolute Gasteiger partial charge is 0.424 e.